The van der Waals surface area contributed by atoms with E-state index in [1.807, 2.05) is 0 Å². The number of hydrogen-bond acceptors (Lipinski definition) is 6. The first-order chi connectivity index (χ1) is 13.0. The number of amides is 1. The molecule has 0 aliphatic rings. The smallest absolute Gasteiger partial charge is 0.271 e. The third-order valence-corrected chi connectivity index (χ3v) is 5.40. The first kappa shape index (κ1) is 21.7. The molecular weight excluding hydrogens is 433 g/mol. The zero-order valence-electron chi connectivity index (χ0n) is 14.7. The SMILES string of the molecule is COc1ccc([N+](=O)[O-])cc1N(CC(=O)Nc1ccc(Cl)c(Cl)c1)S(C)(=O)=O. The predicted octanol–water partition coefficient (Wildman–Crippen LogP) is 3.31. The summed E-state index contributed by atoms with van der Waals surface area (Å²) >= 11 is 11.7. The molecule has 9 nitrogen and oxygen atoms in total. The molecule has 0 heterocycles. The van der Waals surface area contributed by atoms with E-state index in [1.54, 1.807) is 0 Å². The van der Waals surface area contributed by atoms with Crippen LogP contribution in [-0.2, 0) is 14.8 Å². The van der Waals surface area contributed by atoms with E-state index in [4.69, 9.17) is 27.9 Å². The molecule has 0 aliphatic carbocycles. The van der Waals surface area contributed by atoms with Crippen LogP contribution in [0.3, 0.4) is 0 Å². The van der Waals surface area contributed by atoms with Crippen LogP contribution in [0.25, 0.3) is 0 Å². The van der Waals surface area contributed by atoms with E-state index in [0.717, 1.165) is 12.3 Å². The summed E-state index contributed by atoms with van der Waals surface area (Å²) in [6.07, 6.45) is 0.873. The van der Waals surface area contributed by atoms with Crippen molar-refractivity contribution in [2.24, 2.45) is 0 Å². The summed E-state index contributed by atoms with van der Waals surface area (Å²) in [5.74, 6) is -0.643. The van der Waals surface area contributed by atoms with Crippen molar-refractivity contribution >= 4 is 56.2 Å². The number of hydrogen-bond donors (Lipinski definition) is 1. The van der Waals surface area contributed by atoms with Crippen LogP contribution in [0, 0.1) is 10.1 Å². The lowest BCUT2D eigenvalue weighted by Gasteiger charge is -2.23. The zero-order chi connectivity index (χ0) is 21.1. The largest absolute Gasteiger partial charge is 0.495 e. The summed E-state index contributed by atoms with van der Waals surface area (Å²) in [4.78, 5) is 22.8. The highest BCUT2D eigenvalue weighted by molar-refractivity contribution is 7.92. The van der Waals surface area contributed by atoms with Gasteiger partial charge in [-0.05, 0) is 24.3 Å². The van der Waals surface area contributed by atoms with Crippen molar-refractivity contribution in [2.75, 3.05) is 29.5 Å². The molecule has 0 saturated heterocycles. The Morgan fingerprint density at radius 2 is 1.89 bits per heavy atom. The number of carbonyl (C=O) groups is 1. The molecule has 0 aliphatic heterocycles. The standard InChI is InChI=1S/C16H15Cl2N3O6S/c1-27-15-6-4-11(21(23)24)8-14(15)20(28(2,25)26)9-16(22)19-10-3-5-12(17)13(18)7-10/h3-8H,9H2,1-2H3,(H,19,22). The van der Waals surface area contributed by atoms with Crippen LogP contribution in [0.1, 0.15) is 0 Å². The molecule has 0 aromatic heterocycles. The minimum atomic E-state index is -3.97. The Bertz CT molecular complexity index is 1030. The Labute approximate surface area is 171 Å². The number of methoxy groups -OCH3 is 1. The van der Waals surface area contributed by atoms with Crippen molar-refractivity contribution in [3.8, 4) is 5.75 Å². The third-order valence-electron chi connectivity index (χ3n) is 3.53. The number of nitro benzene ring substituents is 1. The van der Waals surface area contributed by atoms with Gasteiger partial charge in [-0.2, -0.15) is 0 Å². The molecule has 12 heteroatoms. The Morgan fingerprint density at radius 1 is 1.21 bits per heavy atom. The third kappa shape index (κ3) is 5.24. The maximum absolute atomic E-state index is 12.4. The molecule has 0 unspecified atom stereocenters. The van der Waals surface area contributed by atoms with Crippen LogP contribution in [0.4, 0.5) is 17.1 Å². The summed E-state index contributed by atoms with van der Waals surface area (Å²) in [6, 6.07) is 7.80. The fourth-order valence-corrected chi connectivity index (χ4v) is 3.42. The highest BCUT2D eigenvalue weighted by Crippen LogP contribution is 2.33. The van der Waals surface area contributed by atoms with Gasteiger partial charge in [0.2, 0.25) is 15.9 Å². The number of anilines is 2. The predicted molar refractivity (Wildman–Crippen MR) is 107 cm³/mol. The van der Waals surface area contributed by atoms with E-state index >= 15 is 0 Å². The van der Waals surface area contributed by atoms with Crippen molar-refractivity contribution < 1.29 is 22.9 Å². The quantitative estimate of drug-likeness (QED) is 0.513. The lowest BCUT2D eigenvalue weighted by Crippen LogP contribution is -2.37. The van der Waals surface area contributed by atoms with Gasteiger partial charge in [-0.25, -0.2) is 8.42 Å². The number of carbonyl (C=O) groups excluding carboxylic acids is 1. The highest BCUT2D eigenvalue weighted by atomic mass is 35.5. The molecular formula is C16H15Cl2N3O6S. The summed E-state index contributed by atoms with van der Waals surface area (Å²) < 4.78 is 30.3. The number of nitrogens with one attached hydrogen (secondary N) is 1. The van der Waals surface area contributed by atoms with Gasteiger partial charge in [-0.3, -0.25) is 19.2 Å². The number of halogens is 2. The summed E-state index contributed by atoms with van der Waals surface area (Å²) in [5, 5.41) is 14.0. The molecule has 1 amide bonds. The van der Waals surface area contributed by atoms with Crippen molar-refractivity contribution in [1.29, 1.82) is 0 Å². The second-order valence-electron chi connectivity index (χ2n) is 5.56. The molecule has 0 fully saturated rings. The van der Waals surface area contributed by atoms with Crippen molar-refractivity contribution in [2.45, 2.75) is 0 Å². The Hall–Kier alpha value is -2.56. The van der Waals surface area contributed by atoms with Crippen molar-refractivity contribution in [1.82, 2.24) is 0 Å². The average Bonchev–Trinajstić information content (AvgIpc) is 2.61. The molecule has 2 aromatic carbocycles. The minimum Gasteiger partial charge on any atom is -0.495 e. The number of rotatable bonds is 7. The molecule has 150 valence electrons. The molecule has 0 spiro atoms. The molecule has 28 heavy (non-hydrogen) atoms. The van der Waals surface area contributed by atoms with Gasteiger partial charge in [-0.15, -0.1) is 0 Å². The van der Waals surface area contributed by atoms with Gasteiger partial charge in [0.05, 0.1) is 28.3 Å². The van der Waals surface area contributed by atoms with Crippen LogP contribution in [0.15, 0.2) is 36.4 Å². The molecule has 2 aromatic rings. The lowest BCUT2D eigenvalue weighted by atomic mass is 10.2. The minimum absolute atomic E-state index is 0.0540. The fraction of sp³-hybridized carbons (Fsp3) is 0.188. The normalized spacial score (nSPS) is 11.0. The zero-order valence-corrected chi connectivity index (χ0v) is 17.0. The molecule has 2 rings (SSSR count). The fourth-order valence-electron chi connectivity index (χ4n) is 2.27. The van der Waals surface area contributed by atoms with Gasteiger partial charge in [0.25, 0.3) is 5.69 Å². The molecule has 0 bridgehead atoms. The first-order valence-electron chi connectivity index (χ1n) is 7.58. The second kappa shape index (κ2) is 8.63. The molecule has 0 radical (unpaired) electrons. The number of nitro groups is 1. The topological polar surface area (TPSA) is 119 Å². The maximum Gasteiger partial charge on any atom is 0.271 e. The van der Waals surface area contributed by atoms with E-state index in [0.29, 0.717) is 15.0 Å². The Morgan fingerprint density at radius 3 is 2.43 bits per heavy atom. The van der Waals surface area contributed by atoms with Crippen LogP contribution < -0.4 is 14.4 Å². The second-order valence-corrected chi connectivity index (χ2v) is 8.28. The molecule has 0 atom stereocenters. The van der Waals surface area contributed by atoms with E-state index in [2.05, 4.69) is 5.32 Å². The summed E-state index contributed by atoms with van der Waals surface area (Å²) in [7, 11) is -2.69. The first-order valence-corrected chi connectivity index (χ1v) is 10.2. The van der Waals surface area contributed by atoms with Crippen molar-refractivity contribution in [3.63, 3.8) is 0 Å². The Kier molecular flexibility index (Phi) is 6.70. The van der Waals surface area contributed by atoms with Gasteiger partial charge >= 0.3 is 0 Å². The van der Waals surface area contributed by atoms with Crippen LogP contribution in [-0.4, -0.2) is 39.2 Å². The van der Waals surface area contributed by atoms with E-state index in [-0.39, 0.29) is 22.1 Å². The number of nitrogens with zero attached hydrogens (tertiary/aromatic N) is 2. The van der Waals surface area contributed by atoms with Crippen LogP contribution >= 0.6 is 23.2 Å². The monoisotopic (exact) mass is 447 g/mol. The molecule has 0 saturated carbocycles. The summed E-state index contributed by atoms with van der Waals surface area (Å²) in [5.41, 5.74) is -0.184. The number of ether oxygens (including phenoxy) is 1. The average molecular weight is 448 g/mol. The summed E-state index contributed by atoms with van der Waals surface area (Å²) in [6.45, 7) is -0.642. The number of sulfonamides is 1. The van der Waals surface area contributed by atoms with Gasteiger partial charge in [0, 0.05) is 17.8 Å². The number of non-ortho nitro benzene ring substituents is 1. The van der Waals surface area contributed by atoms with E-state index in [9.17, 15) is 23.3 Å². The Balaban J connectivity index is 2.37. The maximum atomic E-state index is 12.4. The highest BCUT2D eigenvalue weighted by Gasteiger charge is 2.26. The van der Waals surface area contributed by atoms with E-state index in [1.165, 1.54) is 37.4 Å². The lowest BCUT2D eigenvalue weighted by molar-refractivity contribution is -0.384. The molecule has 1 N–H and O–H groups in total. The van der Waals surface area contributed by atoms with Crippen molar-refractivity contribution in [3.05, 3.63) is 56.6 Å². The number of benzene rings is 2. The van der Waals surface area contributed by atoms with Gasteiger partial charge < -0.3 is 10.1 Å². The van der Waals surface area contributed by atoms with E-state index < -0.39 is 27.4 Å². The van der Waals surface area contributed by atoms with Gasteiger partial charge in [-0.1, -0.05) is 23.2 Å². The van der Waals surface area contributed by atoms with Crippen LogP contribution in [0.2, 0.25) is 10.0 Å². The van der Waals surface area contributed by atoms with Crippen LogP contribution in [0.5, 0.6) is 5.75 Å². The van der Waals surface area contributed by atoms with Gasteiger partial charge in [0.1, 0.15) is 18.0 Å². The van der Waals surface area contributed by atoms with Gasteiger partial charge in [0.15, 0.2) is 0 Å².